The Balaban J connectivity index is 1.52. The first kappa shape index (κ1) is 16.4. The van der Waals surface area contributed by atoms with Crippen molar-refractivity contribution >= 4 is 34.8 Å². The number of benzene rings is 1. The predicted molar refractivity (Wildman–Crippen MR) is 95.9 cm³/mol. The van der Waals surface area contributed by atoms with Crippen LogP contribution in [0.4, 0.5) is 5.69 Å². The van der Waals surface area contributed by atoms with E-state index < -0.39 is 5.91 Å². The van der Waals surface area contributed by atoms with Crippen LogP contribution in [0.25, 0.3) is 0 Å². The number of nitrogens with zero attached hydrogens (tertiary/aromatic N) is 2. The normalized spacial score (nSPS) is 22.2. The van der Waals surface area contributed by atoms with Crippen molar-refractivity contribution in [2.75, 3.05) is 18.4 Å². The van der Waals surface area contributed by atoms with Crippen LogP contribution in [-0.2, 0) is 4.79 Å². The number of carbonyl (C=O) groups is 2. The number of hydrogen-bond acceptors (Lipinski definition) is 5. The molecule has 7 nitrogen and oxygen atoms in total. The molecule has 1 aromatic carbocycles. The van der Waals surface area contributed by atoms with E-state index >= 15 is 0 Å². The molecular weight excluding hydrogens is 342 g/mol. The van der Waals surface area contributed by atoms with Crippen LogP contribution in [0, 0.1) is 0 Å². The molecule has 2 heterocycles. The van der Waals surface area contributed by atoms with Crippen molar-refractivity contribution < 1.29 is 9.59 Å². The largest absolute Gasteiger partial charge is 0.338 e. The zero-order chi connectivity index (χ0) is 17.6. The van der Waals surface area contributed by atoms with Crippen LogP contribution in [0.3, 0.4) is 0 Å². The van der Waals surface area contributed by atoms with Gasteiger partial charge in [-0.15, -0.1) is 0 Å². The highest BCUT2D eigenvalue weighted by Crippen LogP contribution is 2.34. The fourth-order valence-corrected chi connectivity index (χ4v) is 3.83. The third-order valence-corrected chi connectivity index (χ3v) is 5.43. The molecular formula is C17H20ClN5O2. The van der Waals surface area contributed by atoms with Gasteiger partial charge in [0.2, 0.25) is 0 Å². The van der Waals surface area contributed by atoms with Crippen LogP contribution < -0.4 is 16.5 Å². The molecule has 0 bridgehead atoms. The van der Waals surface area contributed by atoms with E-state index in [0.29, 0.717) is 42.0 Å². The second kappa shape index (κ2) is 6.31. The van der Waals surface area contributed by atoms with Crippen molar-refractivity contribution in [2.24, 2.45) is 10.9 Å². The Kier molecular flexibility index (Phi) is 4.13. The van der Waals surface area contributed by atoms with Crippen molar-refractivity contribution in [3.63, 3.8) is 0 Å². The summed E-state index contributed by atoms with van der Waals surface area (Å²) in [5, 5.41) is 10.0. The van der Waals surface area contributed by atoms with Gasteiger partial charge in [-0.2, -0.15) is 5.10 Å². The summed E-state index contributed by atoms with van der Waals surface area (Å²) in [6.07, 6.45) is 4.42. The fourth-order valence-electron chi connectivity index (χ4n) is 3.50. The maximum Gasteiger partial charge on any atom is 0.276 e. The number of carbonyl (C=O) groups excluding carboxylic acids is 2. The van der Waals surface area contributed by atoms with Gasteiger partial charge in [-0.1, -0.05) is 11.6 Å². The average Bonchev–Trinajstić information content (AvgIpc) is 3.36. The molecule has 4 N–H and O–H groups in total. The van der Waals surface area contributed by atoms with Gasteiger partial charge in [-0.05, 0) is 37.8 Å². The van der Waals surface area contributed by atoms with Crippen molar-refractivity contribution in [3.8, 4) is 0 Å². The topological polar surface area (TPSA) is 99.8 Å². The molecule has 0 atom stereocenters. The SMILES string of the molecule is N/N=C1\C(=O)Nc2ccc(C(=O)N3CCC(NC4CC4)CC3)c(Cl)c21. The third kappa shape index (κ3) is 2.98. The molecule has 1 saturated carbocycles. The molecule has 0 unspecified atom stereocenters. The molecule has 4 rings (SSSR count). The zero-order valence-electron chi connectivity index (χ0n) is 13.7. The summed E-state index contributed by atoms with van der Waals surface area (Å²) in [7, 11) is 0. The zero-order valence-corrected chi connectivity index (χ0v) is 14.5. The lowest BCUT2D eigenvalue weighted by Crippen LogP contribution is -2.45. The number of rotatable bonds is 3. The van der Waals surface area contributed by atoms with Crippen molar-refractivity contribution in [1.82, 2.24) is 10.2 Å². The predicted octanol–water partition coefficient (Wildman–Crippen LogP) is 1.31. The summed E-state index contributed by atoms with van der Waals surface area (Å²) in [6, 6.07) is 4.49. The van der Waals surface area contributed by atoms with Gasteiger partial charge in [0.25, 0.3) is 11.8 Å². The Labute approximate surface area is 150 Å². The first-order chi connectivity index (χ1) is 12.1. The molecule has 3 aliphatic rings. The van der Waals surface area contributed by atoms with E-state index in [0.717, 1.165) is 12.8 Å². The highest BCUT2D eigenvalue weighted by atomic mass is 35.5. The van der Waals surface area contributed by atoms with E-state index in [-0.39, 0.29) is 16.6 Å². The smallest absolute Gasteiger partial charge is 0.276 e. The lowest BCUT2D eigenvalue weighted by Gasteiger charge is -2.33. The summed E-state index contributed by atoms with van der Waals surface area (Å²) in [6.45, 7) is 1.40. The second-order valence-corrected chi connectivity index (χ2v) is 7.17. The van der Waals surface area contributed by atoms with E-state index in [9.17, 15) is 9.59 Å². The second-order valence-electron chi connectivity index (χ2n) is 6.79. The number of likely N-dealkylation sites (tertiary alicyclic amines) is 1. The van der Waals surface area contributed by atoms with Gasteiger partial charge < -0.3 is 21.4 Å². The van der Waals surface area contributed by atoms with Gasteiger partial charge in [0, 0.05) is 25.2 Å². The van der Waals surface area contributed by atoms with Crippen LogP contribution in [0.1, 0.15) is 41.6 Å². The number of nitrogens with two attached hydrogens (primary N) is 1. The van der Waals surface area contributed by atoms with Gasteiger partial charge in [-0.3, -0.25) is 9.59 Å². The molecule has 132 valence electrons. The Morgan fingerprint density at radius 3 is 2.56 bits per heavy atom. The lowest BCUT2D eigenvalue weighted by molar-refractivity contribution is -0.110. The number of amides is 2. The molecule has 2 aliphatic heterocycles. The van der Waals surface area contributed by atoms with Crippen molar-refractivity contribution in [2.45, 2.75) is 37.8 Å². The Morgan fingerprint density at radius 2 is 1.92 bits per heavy atom. The van der Waals surface area contributed by atoms with E-state index in [1.807, 2.05) is 4.90 Å². The van der Waals surface area contributed by atoms with Gasteiger partial charge in [0.15, 0.2) is 5.71 Å². The summed E-state index contributed by atoms with van der Waals surface area (Å²) in [4.78, 5) is 26.5. The first-order valence-corrected chi connectivity index (χ1v) is 8.93. The molecule has 8 heteroatoms. The molecule has 1 aliphatic carbocycles. The first-order valence-electron chi connectivity index (χ1n) is 8.56. The van der Waals surface area contributed by atoms with Crippen LogP contribution in [0.2, 0.25) is 5.02 Å². The molecule has 0 aromatic heterocycles. The molecule has 0 radical (unpaired) electrons. The Morgan fingerprint density at radius 1 is 1.24 bits per heavy atom. The maximum atomic E-state index is 12.9. The molecule has 2 fully saturated rings. The molecule has 25 heavy (non-hydrogen) atoms. The van der Waals surface area contributed by atoms with E-state index in [4.69, 9.17) is 17.4 Å². The quantitative estimate of drug-likeness (QED) is 0.558. The monoisotopic (exact) mass is 361 g/mol. The van der Waals surface area contributed by atoms with Crippen LogP contribution in [-0.4, -0.2) is 47.6 Å². The number of hydrazone groups is 1. The van der Waals surface area contributed by atoms with Gasteiger partial charge >= 0.3 is 0 Å². The highest BCUT2D eigenvalue weighted by Gasteiger charge is 2.33. The van der Waals surface area contributed by atoms with Crippen LogP contribution in [0.15, 0.2) is 17.2 Å². The molecule has 2 amide bonds. The van der Waals surface area contributed by atoms with Gasteiger partial charge in [0.1, 0.15) is 0 Å². The standard InChI is InChI=1S/C17H20ClN5O2/c18-14-11(3-4-12-13(14)15(22-19)16(24)21-12)17(25)23-7-5-10(6-8-23)20-9-1-2-9/h3-4,9-10,20H,1-2,5-8,19H2,(H,21,22,24). The summed E-state index contributed by atoms with van der Waals surface area (Å²) in [5.74, 6) is 4.78. The Hall–Kier alpha value is -2.12. The Bertz CT molecular complexity index is 767. The summed E-state index contributed by atoms with van der Waals surface area (Å²) in [5.41, 5.74) is 1.38. The van der Waals surface area contributed by atoms with Gasteiger partial charge in [-0.25, -0.2) is 0 Å². The molecule has 1 saturated heterocycles. The number of halogens is 1. The van der Waals surface area contributed by atoms with E-state index in [1.54, 1.807) is 12.1 Å². The number of fused-ring (bicyclic) bond motifs is 1. The minimum Gasteiger partial charge on any atom is -0.338 e. The van der Waals surface area contributed by atoms with Crippen molar-refractivity contribution in [1.29, 1.82) is 0 Å². The number of nitrogens with one attached hydrogen (secondary N) is 2. The van der Waals surface area contributed by atoms with Crippen molar-refractivity contribution in [3.05, 3.63) is 28.3 Å². The number of hydrogen-bond donors (Lipinski definition) is 3. The fraction of sp³-hybridized carbons (Fsp3) is 0.471. The molecule has 1 aromatic rings. The van der Waals surface area contributed by atoms with E-state index in [1.165, 1.54) is 12.8 Å². The van der Waals surface area contributed by atoms with Crippen LogP contribution >= 0.6 is 11.6 Å². The summed E-state index contributed by atoms with van der Waals surface area (Å²) >= 11 is 6.42. The minimum atomic E-state index is -0.407. The number of piperidine rings is 1. The maximum absolute atomic E-state index is 12.9. The molecule has 0 spiro atoms. The highest BCUT2D eigenvalue weighted by molar-refractivity contribution is 6.57. The van der Waals surface area contributed by atoms with E-state index in [2.05, 4.69) is 15.7 Å². The minimum absolute atomic E-state index is 0.0574. The summed E-state index contributed by atoms with van der Waals surface area (Å²) < 4.78 is 0. The lowest BCUT2D eigenvalue weighted by atomic mass is 10.0. The van der Waals surface area contributed by atoms with Crippen LogP contribution in [0.5, 0.6) is 0 Å². The van der Waals surface area contributed by atoms with Gasteiger partial charge in [0.05, 0.1) is 21.8 Å². The average molecular weight is 362 g/mol. The number of anilines is 1. The third-order valence-electron chi connectivity index (χ3n) is 5.03.